The predicted octanol–water partition coefficient (Wildman–Crippen LogP) is 4.75. The monoisotopic (exact) mass is 476 g/mol. The van der Waals surface area contributed by atoms with Gasteiger partial charge >= 0.3 is 5.63 Å². The highest BCUT2D eigenvalue weighted by Crippen LogP contribution is 2.29. The van der Waals surface area contributed by atoms with Crippen LogP contribution in [0, 0.1) is 0 Å². The maximum Gasteiger partial charge on any atom is 0.336 e. The molecule has 0 unspecified atom stereocenters. The van der Waals surface area contributed by atoms with E-state index in [1.54, 1.807) is 24.4 Å². The zero-order valence-electron chi connectivity index (χ0n) is 16.2. The van der Waals surface area contributed by atoms with E-state index in [1.807, 2.05) is 54.6 Å². The van der Waals surface area contributed by atoms with Crippen LogP contribution in [0.2, 0.25) is 0 Å². The first-order chi connectivity index (χ1) is 15.1. The van der Waals surface area contributed by atoms with Crippen LogP contribution < -0.4 is 15.8 Å². The van der Waals surface area contributed by atoms with E-state index in [0.717, 1.165) is 26.5 Å². The van der Waals surface area contributed by atoms with E-state index in [-0.39, 0.29) is 6.61 Å². The van der Waals surface area contributed by atoms with E-state index < -0.39 is 11.5 Å². The van der Waals surface area contributed by atoms with Crippen LogP contribution in [0.15, 0.2) is 97.6 Å². The van der Waals surface area contributed by atoms with E-state index in [9.17, 15) is 9.59 Å². The molecule has 154 valence electrons. The van der Waals surface area contributed by atoms with Crippen molar-refractivity contribution in [2.75, 3.05) is 6.61 Å². The second-order valence-electron chi connectivity index (χ2n) is 6.64. The number of halogens is 1. The number of carbonyl (C=O) groups is 1. The van der Waals surface area contributed by atoms with Crippen molar-refractivity contribution in [3.8, 4) is 16.9 Å². The summed E-state index contributed by atoms with van der Waals surface area (Å²) >= 11 is 3.36. The predicted molar refractivity (Wildman–Crippen MR) is 123 cm³/mol. The number of fused-ring (bicyclic) bond motifs is 1. The molecule has 4 aromatic rings. The smallest absolute Gasteiger partial charge is 0.336 e. The second kappa shape index (κ2) is 9.40. The van der Waals surface area contributed by atoms with Crippen molar-refractivity contribution in [2.24, 2.45) is 5.10 Å². The number of amides is 1. The molecule has 1 N–H and O–H groups in total. The van der Waals surface area contributed by atoms with E-state index in [0.29, 0.717) is 11.3 Å². The molecule has 7 heteroatoms. The standard InChI is InChI=1S/C24H17BrN2O4/c25-18-8-6-16(7-9-18)14-26-27-23(28)15-30-19-10-11-20-21(17-4-2-1-3-5-17)13-24(29)31-22(20)12-19/h1-14H,15H2,(H,27,28)/b26-14+. The van der Waals surface area contributed by atoms with E-state index in [2.05, 4.69) is 26.5 Å². The number of hydrogen-bond acceptors (Lipinski definition) is 5. The number of hydrazone groups is 1. The Morgan fingerprint density at radius 2 is 1.81 bits per heavy atom. The lowest BCUT2D eigenvalue weighted by molar-refractivity contribution is -0.123. The molecule has 1 amide bonds. The van der Waals surface area contributed by atoms with Crippen LogP contribution in [0.3, 0.4) is 0 Å². The zero-order chi connectivity index (χ0) is 21.6. The van der Waals surface area contributed by atoms with Gasteiger partial charge in [-0.15, -0.1) is 0 Å². The highest BCUT2D eigenvalue weighted by Gasteiger charge is 2.10. The fourth-order valence-corrected chi connectivity index (χ4v) is 3.26. The Balaban J connectivity index is 1.44. The lowest BCUT2D eigenvalue weighted by atomic mass is 10.0. The van der Waals surface area contributed by atoms with Crippen molar-refractivity contribution >= 4 is 39.0 Å². The van der Waals surface area contributed by atoms with Gasteiger partial charge < -0.3 is 9.15 Å². The molecule has 6 nitrogen and oxygen atoms in total. The number of hydrogen-bond donors (Lipinski definition) is 1. The van der Waals surface area contributed by atoms with Crippen LogP contribution in [0.25, 0.3) is 22.1 Å². The summed E-state index contributed by atoms with van der Waals surface area (Å²) in [5.74, 6) is 0.000786. The van der Waals surface area contributed by atoms with Crippen molar-refractivity contribution in [1.82, 2.24) is 5.43 Å². The normalized spacial score (nSPS) is 11.0. The molecule has 0 fully saturated rings. The molecule has 0 aliphatic rings. The molecule has 0 aliphatic carbocycles. The average molecular weight is 477 g/mol. The second-order valence-corrected chi connectivity index (χ2v) is 7.55. The molecular weight excluding hydrogens is 460 g/mol. The molecule has 1 aromatic heterocycles. The molecule has 0 atom stereocenters. The van der Waals surface area contributed by atoms with Crippen molar-refractivity contribution in [3.63, 3.8) is 0 Å². The van der Waals surface area contributed by atoms with Gasteiger partial charge in [-0.05, 0) is 41.0 Å². The molecule has 3 aromatic carbocycles. The lowest BCUT2D eigenvalue weighted by Gasteiger charge is -2.08. The van der Waals surface area contributed by atoms with E-state index in [1.165, 1.54) is 6.07 Å². The molecule has 0 saturated heterocycles. The summed E-state index contributed by atoms with van der Waals surface area (Å²) in [5, 5.41) is 4.69. The number of carbonyl (C=O) groups excluding carboxylic acids is 1. The quantitative estimate of drug-likeness (QED) is 0.247. The number of rotatable bonds is 6. The SMILES string of the molecule is O=C(COc1ccc2c(-c3ccccc3)cc(=O)oc2c1)N/N=C/c1ccc(Br)cc1. The summed E-state index contributed by atoms with van der Waals surface area (Å²) in [6.45, 7) is -0.230. The maximum atomic E-state index is 12.0. The Kier molecular flexibility index (Phi) is 6.24. The van der Waals surface area contributed by atoms with Crippen LogP contribution in [-0.4, -0.2) is 18.7 Å². The topological polar surface area (TPSA) is 80.9 Å². The molecule has 4 rings (SSSR count). The highest BCUT2D eigenvalue weighted by molar-refractivity contribution is 9.10. The first-order valence-electron chi connectivity index (χ1n) is 9.42. The molecule has 0 bridgehead atoms. The Hall–Kier alpha value is -3.71. The van der Waals surface area contributed by atoms with Crippen LogP contribution >= 0.6 is 15.9 Å². The van der Waals surface area contributed by atoms with Crippen molar-refractivity contribution < 1.29 is 13.9 Å². The Morgan fingerprint density at radius 1 is 1.03 bits per heavy atom. The summed E-state index contributed by atoms with van der Waals surface area (Å²) in [4.78, 5) is 24.0. The molecular formula is C24H17BrN2O4. The van der Waals surface area contributed by atoms with Gasteiger partial charge in [0.25, 0.3) is 5.91 Å². The van der Waals surface area contributed by atoms with Gasteiger partial charge in [0.2, 0.25) is 0 Å². The summed E-state index contributed by atoms with van der Waals surface area (Å²) in [6.07, 6.45) is 1.54. The average Bonchev–Trinajstić information content (AvgIpc) is 2.79. The van der Waals surface area contributed by atoms with Crippen LogP contribution in [0.4, 0.5) is 0 Å². The fourth-order valence-electron chi connectivity index (χ4n) is 3.00. The number of ether oxygens (including phenoxy) is 1. The van der Waals surface area contributed by atoms with Gasteiger partial charge in [0, 0.05) is 22.0 Å². The highest BCUT2D eigenvalue weighted by atomic mass is 79.9. The first kappa shape index (κ1) is 20.6. The third-order valence-corrected chi connectivity index (χ3v) is 4.97. The number of nitrogens with zero attached hydrogens (tertiary/aromatic N) is 1. The summed E-state index contributed by atoms with van der Waals surface area (Å²) < 4.78 is 11.8. The molecule has 0 aliphatic heterocycles. The summed E-state index contributed by atoms with van der Waals surface area (Å²) in [7, 11) is 0. The molecule has 0 spiro atoms. The van der Waals surface area contributed by atoms with Crippen LogP contribution in [0.5, 0.6) is 5.75 Å². The molecule has 1 heterocycles. The van der Waals surface area contributed by atoms with Gasteiger partial charge in [-0.25, -0.2) is 10.2 Å². The Labute approximate surface area is 186 Å². The lowest BCUT2D eigenvalue weighted by Crippen LogP contribution is -2.24. The van der Waals surface area contributed by atoms with Gasteiger partial charge in [-0.1, -0.05) is 58.4 Å². The molecule has 31 heavy (non-hydrogen) atoms. The third-order valence-electron chi connectivity index (χ3n) is 4.44. The first-order valence-corrected chi connectivity index (χ1v) is 10.2. The van der Waals surface area contributed by atoms with Gasteiger partial charge in [-0.2, -0.15) is 5.10 Å². The van der Waals surface area contributed by atoms with E-state index >= 15 is 0 Å². The maximum absolute atomic E-state index is 12.0. The van der Waals surface area contributed by atoms with Crippen LogP contribution in [-0.2, 0) is 4.79 Å². The van der Waals surface area contributed by atoms with Gasteiger partial charge in [-0.3, -0.25) is 4.79 Å². The summed E-state index contributed by atoms with van der Waals surface area (Å²) in [6, 6.07) is 23.7. The minimum atomic E-state index is -0.455. The molecule has 0 saturated carbocycles. The minimum absolute atomic E-state index is 0.230. The van der Waals surface area contributed by atoms with Gasteiger partial charge in [0.1, 0.15) is 11.3 Å². The van der Waals surface area contributed by atoms with Gasteiger partial charge in [0.05, 0.1) is 6.21 Å². The number of benzene rings is 3. The number of nitrogens with one attached hydrogen (secondary N) is 1. The fraction of sp³-hybridized carbons (Fsp3) is 0.0417. The van der Waals surface area contributed by atoms with Crippen molar-refractivity contribution in [2.45, 2.75) is 0 Å². The van der Waals surface area contributed by atoms with Crippen molar-refractivity contribution in [3.05, 3.63) is 99.3 Å². The van der Waals surface area contributed by atoms with Gasteiger partial charge in [0.15, 0.2) is 6.61 Å². The Bertz CT molecular complexity index is 1300. The minimum Gasteiger partial charge on any atom is -0.484 e. The largest absolute Gasteiger partial charge is 0.484 e. The van der Waals surface area contributed by atoms with Crippen molar-refractivity contribution in [1.29, 1.82) is 0 Å². The van der Waals surface area contributed by atoms with E-state index in [4.69, 9.17) is 9.15 Å². The zero-order valence-corrected chi connectivity index (χ0v) is 17.8. The third kappa shape index (κ3) is 5.26. The molecule has 0 radical (unpaired) electrons. The van der Waals surface area contributed by atoms with Crippen LogP contribution in [0.1, 0.15) is 5.56 Å². The Morgan fingerprint density at radius 3 is 2.58 bits per heavy atom. The summed E-state index contributed by atoms with van der Waals surface area (Å²) in [5.41, 5.74) is 4.89.